The standard InChI is InChI=1S/C14H20N2O2/c17-12-5-4-11-2-1-3-14(13(11)10-12)15-16-6-8-18-9-7-16/h4-5,10,14-15,17H,1-3,6-9H2. The second-order valence-corrected chi connectivity index (χ2v) is 5.06. The summed E-state index contributed by atoms with van der Waals surface area (Å²) in [6.07, 6.45) is 3.46. The molecule has 0 radical (unpaired) electrons. The molecule has 0 saturated carbocycles. The van der Waals surface area contributed by atoms with Crippen LogP contribution in [0.1, 0.15) is 30.0 Å². The van der Waals surface area contributed by atoms with Crippen molar-refractivity contribution in [3.8, 4) is 5.75 Å². The third kappa shape index (κ3) is 2.51. The van der Waals surface area contributed by atoms with Crippen LogP contribution < -0.4 is 5.43 Å². The smallest absolute Gasteiger partial charge is 0.115 e. The number of benzene rings is 1. The summed E-state index contributed by atoms with van der Waals surface area (Å²) >= 11 is 0. The normalized spacial score (nSPS) is 24.8. The van der Waals surface area contributed by atoms with Gasteiger partial charge in [0.25, 0.3) is 0 Å². The summed E-state index contributed by atoms with van der Waals surface area (Å²) in [5.41, 5.74) is 6.21. The molecule has 4 heteroatoms. The summed E-state index contributed by atoms with van der Waals surface area (Å²) in [4.78, 5) is 0. The molecule has 1 fully saturated rings. The molecule has 1 aliphatic carbocycles. The molecule has 1 heterocycles. The maximum atomic E-state index is 9.65. The first kappa shape index (κ1) is 12.0. The van der Waals surface area contributed by atoms with Gasteiger partial charge in [0.05, 0.1) is 13.2 Å². The number of aromatic hydroxyl groups is 1. The van der Waals surface area contributed by atoms with Gasteiger partial charge in [0.15, 0.2) is 0 Å². The van der Waals surface area contributed by atoms with Crippen molar-refractivity contribution in [2.45, 2.75) is 25.3 Å². The molecular weight excluding hydrogens is 228 g/mol. The third-order valence-corrected chi connectivity index (χ3v) is 3.79. The molecule has 0 aromatic heterocycles. The first-order valence-corrected chi connectivity index (χ1v) is 6.73. The molecule has 2 N–H and O–H groups in total. The quantitative estimate of drug-likeness (QED) is 0.834. The maximum Gasteiger partial charge on any atom is 0.115 e. The van der Waals surface area contributed by atoms with Crippen molar-refractivity contribution >= 4 is 0 Å². The van der Waals surface area contributed by atoms with Gasteiger partial charge in [-0.25, -0.2) is 10.4 Å². The van der Waals surface area contributed by atoms with E-state index < -0.39 is 0 Å². The molecule has 1 aliphatic heterocycles. The van der Waals surface area contributed by atoms with E-state index in [-0.39, 0.29) is 0 Å². The number of hydrazine groups is 1. The lowest BCUT2D eigenvalue weighted by Crippen LogP contribution is -2.47. The third-order valence-electron chi connectivity index (χ3n) is 3.79. The number of rotatable bonds is 2. The minimum atomic E-state index is 0.332. The lowest BCUT2D eigenvalue weighted by molar-refractivity contribution is 0.00186. The van der Waals surface area contributed by atoms with Crippen LogP contribution in [-0.4, -0.2) is 36.4 Å². The highest BCUT2D eigenvalue weighted by atomic mass is 16.5. The zero-order chi connectivity index (χ0) is 12.4. The molecule has 1 unspecified atom stereocenters. The first-order valence-electron chi connectivity index (χ1n) is 6.73. The molecule has 3 rings (SSSR count). The van der Waals surface area contributed by atoms with Gasteiger partial charge in [-0.2, -0.15) is 0 Å². The van der Waals surface area contributed by atoms with E-state index in [1.807, 2.05) is 6.07 Å². The molecule has 18 heavy (non-hydrogen) atoms. The molecule has 1 aromatic rings. The second kappa shape index (κ2) is 5.26. The van der Waals surface area contributed by atoms with Crippen molar-refractivity contribution < 1.29 is 9.84 Å². The van der Waals surface area contributed by atoms with Gasteiger partial charge >= 0.3 is 0 Å². The molecule has 2 aliphatic rings. The van der Waals surface area contributed by atoms with E-state index in [0.717, 1.165) is 39.1 Å². The molecule has 1 atom stereocenters. The Bertz CT molecular complexity index is 416. The minimum Gasteiger partial charge on any atom is -0.508 e. The van der Waals surface area contributed by atoms with Crippen molar-refractivity contribution in [1.29, 1.82) is 0 Å². The van der Waals surface area contributed by atoms with Gasteiger partial charge in [-0.1, -0.05) is 6.07 Å². The van der Waals surface area contributed by atoms with Crippen molar-refractivity contribution in [1.82, 2.24) is 10.4 Å². The van der Waals surface area contributed by atoms with Gasteiger partial charge in [-0.3, -0.25) is 0 Å². The summed E-state index contributed by atoms with van der Waals surface area (Å²) in [5.74, 6) is 0.365. The van der Waals surface area contributed by atoms with E-state index in [1.165, 1.54) is 17.5 Å². The predicted molar refractivity (Wildman–Crippen MR) is 69.3 cm³/mol. The average molecular weight is 248 g/mol. The van der Waals surface area contributed by atoms with E-state index in [9.17, 15) is 5.11 Å². The molecule has 0 spiro atoms. The Balaban J connectivity index is 1.75. The zero-order valence-corrected chi connectivity index (χ0v) is 10.6. The van der Waals surface area contributed by atoms with Gasteiger partial charge < -0.3 is 9.84 Å². The van der Waals surface area contributed by atoms with Gasteiger partial charge in [0, 0.05) is 19.1 Å². The molecule has 98 valence electrons. The first-order chi connectivity index (χ1) is 8.83. The highest BCUT2D eigenvalue weighted by molar-refractivity contribution is 5.38. The summed E-state index contributed by atoms with van der Waals surface area (Å²) in [7, 11) is 0. The lowest BCUT2D eigenvalue weighted by Gasteiger charge is -2.34. The Morgan fingerprint density at radius 1 is 1.28 bits per heavy atom. The van der Waals surface area contributed by atoms with E-state index >= 15 is 0 Å². The fraction of sp³-hybridized carbons (Fsp3) is 0.571. The number of nitrogens with zero attached hydrogens (tertiary/aromatic N) is 1. The molecule has 1 aromatic carbocycles. The van der Waals surface area contributed by atoms with Crippen LogP contribution in [0, 0.1) is 0 Å². The van der Waals surface area contributed by atoms with E-state index in [1.54, 1.807) is 6.07 Å². The monoisotopic (exact) mass is 248 g/mol. The van der Waals surface area contributed by atoms with Crippen LogP contribution in [0.3, 0.4) is 0 Å². The van der Waals surface area contributed by atoms with Crippen LogP contribution >= 0.6 is 0 Å². The Morgan fingerprint density at radius 2 is 2.11 bits per heavy atom. The number of phenolic OH excluding ortho intramolecular Hbond substituents is 1. The number of nitrogens with one attached hydrogen (secondary N) is 1. The number of morpholine rings is 1. The van der Waals surface area contributed by atoms with Gasteiger partial charge in [-0.15, -0.1) is 0 Å². The summed E-state index contributed by atoms with van der Waals surface area (Å²) in [6, 6.07) is 6.08. The van der Waals surface area contributed by atoms with Crippen LogP contribution in [0.15, 0.2) is 18.2 Å². The maximum absolute atomic E-state index is 9.65. The summed E-state index contributed by atoms with van der Waals surface area (Å²) < 4.78 is 5.36. The number of phenols is 1. The molecular formula is C14H20N2O2. The number of aryl methyl sites for hydroxylation is 1. The van der Waals surface area contributed by atoms with Crippen LogP contribution in [0.5, 0.6) is 5.75 Å². The molecule has 0 amide bonds. The lowest BCUT2D eigenvalue weighted by atomic mass is 9.88. The molecule has 1 saturated heterocycles. The van der Waals surface area contributed by atoms with Gasteiger partial charge in [-0.05, 0) is 42.5 Å². The van der Waals surface area contributed by atoms with Gasteiger partial charge in [0.1, 0.15) is 5.75 Å². The Labute approximate surface area is 108 Å². The van der Waals surface area contributed by atoms with Crippen molar-refractivity contribution in [3.63, 3.8) is 0 Å². The number of fused-ring (bicyclic) bond motifs is 1. The van der Waals surface area contributed by atoms with E-state index in [0.29, 0.717) is 11.8 Å². The number of ether oxygens (including phenoxy) is 1. The van der Waals surface area contributed by atoms with Crippen molar-refractivity contribution in [3.05, 3.63) is 29.3 Å². The van der Waals surface area contributed by atoms with E-state index in [4.69, 9.17) is 4.74 Å². The second-order valence-electron chi connectivity index (χ2n) is 5.06. The topological polar surface area (TPSA) is 44.7 Å². The van der Waals surface area contributed by atoms with Crippen LogP contribution in [0.25, 0.3) is 0 Å². The van der Waals surface area contributed by atoms with E-state index in [2.05, 4.69) is 16.5 Å². The largest absolute Gasteiger partial charge is 0.508 e. The number of hydrogen-bond donors (Lipinski definition) is 2. The molecule has 4 nitrogen and oxygen atoms in total. The van der Waals surface area contributed by atoms with Crippen LogP contribution in [0.4, 0.5) is 0 Å². The van der Waals surface area contributed by atoms with Gasteiger partial charge in [0.2, 0.25) is 0 Å². The Hall–Kier alpha value is -1.10. The Morgan fingerprint density at radius 3 is 2.94 bits per heavy atom. The molecule has 0 bridgehead atoms. The fourth-order valence-corrected chi connectivity index (χ4v) is 2.83. The number of hydrogen-bond acceptors (Lipinski definition) is 4. The summed E-state index contributed by atoms with van der Waals surface area (Å²) in [5, 5.41) is 11.9. The Kier molecular flexibility index (Phi) is 3.50. The summed E-state index contributed by atoms with van der Waals surface area (Å²) in [6.45, 7) is 3.47. The zero-order valence-electron chi connectivity index (χ0n) is 10.6. The van der Waals surface area contributed by atoms with Crippen molar-refractivity contribution in [2.24, 2.45) is 0 Å². The average Bonchev–Trinajstić information content (AvgIpc) is 2.41. The highest BCUT2D eigenvalue weighted by Crippen LogP contribution is 2.32. The highest BCUT2D eigenvalue weighted by Gasteiger charge is 2.23. The van der Waals surface area contributed by atoms with Crippen LogP contribution in [-0.2, 0) is 11.2 Å². The van der Waals surface area contributed by atoms with Crippen molar-refractivity contribution in [2.75, 3.05) is 26.3 Å². The fourth-order valence-electron chi connectivity index (χ4n) is 2.83. The SMILES string of the molecule is Oc1ccc2c(c1)C(NN1CCOCC1)CCC2. The van der Waals surface area contributed by atoms with Crippen LogP contribution in [0.2, 0.25) is 0 Å². The predicted octanol–water partition coefficient (Wildman–Crippen LogP) is 1.61. The minimum absolute atomic E-state index is 0.332.